The summed E-state index contributed by atoms with van der Waals surface area (Å²) >= 11 is 0. The molecule has 2 amide bonds. The summed E-state index contributed by atoms with van der Waals surface area (Å²) in [6.45, 7) is 7.05. The topological polar surface area (TPSA) is 45.1 Å². The first-order valence-electron chi connectivity index (χ1n) is 9.73. The number of benzene rings is 2. The van der Waals surface area contributed by atoms with Crippen molar-refractivity contribution in [1.82, 2.24) is 0 Å². The molecule has 28 heavy (non-hydrogen) atoms. The molecule has 4 rings (SSSR count). The van der Waals surface area contributed by atoms with Crippen LogP contribution in [0.25, 0.3) is 0 Å². The maximum Gasteiger partial charge on any atom is 0.292 e. The van der Waals surface area contributed by atoms with Crippen LogP contribution in [0, 0.1) is 19.7 Å². The molecule has 0 radical (unpaired) electrons. The fraction of sp³-hybridized carbons (Fsp3) is 0.364. The number of hydrogen-bond donors (Lipinski definition) is 1. The molecule has 2 fully saturated rings. The van der Waals surface area contributed by atoms with E-state index in [0.29, 0.717) is 5.69 Å². The van der Waals surface area contributed by atoms with Crippen molar-refractivity contribution < 1.29 is 18.9 Å². The van der Waals surface area contributed by atoms with E-state index < -0.39 is 0 Å². The Morgan fingerprint density at radius 3 is 2.32 bits per heavy atom. The standard InChI is InChI=1S/C22H24FN3O2/c1-15-3-8-19(16(2)13-15)26-21(27)14-20(22(26)28)25-11-9-24(10-12-25)18-6-4-17(23)5-7-18/h3-8,13,20H,9-12,14H2,1-2H3/p+1/t20-/m1/s1. The maximum absolute atomic E-state index is 13.1. The average Bonchev–Trinajstić information content (AvgIpc) is 2.97. The van der Waals surface area contributed by atoms with Crippen molar-refractivity contribution in [2.45, 2.75) is 26.3 Å². The summed E-state index contributed by atoms with van der Waals surface area (Å²) in [6, 6.07) is 12.0. The Morgan fingerprint density at radius 2 is 1.68 bits per heavy atom. The van der Waals surface area contributed by atoms with Crippen molar-refractivity contribution in [2.24, 2.45) is 0 Å². The van der Waals surface area contributed by atoms with E-state index in [1.165, 1.54) is 17.0 Å². The van der Waals surface area contributed by atoms with Crippen molar-refractivity contribution in [3.05, 3.63) is 59.4 Å². The zero-order valence-electron chi connectivity index (χ0n) is 16.2. The van der Waals surface area contributed by atoms with Gasteiger partial charge in [-0.05, 0) is 49.7 Å². The molecule has 2 heterocycles. The minimum absolute atomic E-state index is 0.0952. The molecule has 2 aliphatic rings. The molecule has 1 N–H and O–H groups in total. The molecule has 0 aliphatic carbocycles. The Kier molecular flexibility index (Phi) is 4.89. The number of imide groups is 1. The van der Waals surface area contributed by atoms with E-state index in [-0.39, 0.29) is 30.1 Å². The molecular weight excluding hydrogens is 357 g/mol. The molecule has 6 heteroatoms. The van der Waals surface area contributed by atoms with Gasteiger partial charge in [0.05, 0.1) is 38.3 Å². The van der Waals surface area contributed by atoms with Gasteiger partial charge in [0.25, 0.3) is 5.91 Å². The van der Waals surface area contributed by atoms with Crippen molar-refractivity contribution in [3.8, 4) is 0 Å². The van der Waals surface area contributed by atoms with Gasteiger partial charge in [0.2, 0.25) is 5.91 Å². The number of hydrogen-bond acceptors (Lipinski definition) is 3. The molecule has 1 atom stereocenters. The molecule has 2 aromatic carbocycles. The number of carbonyl (C=O) groups excluding carboxylic acids is 2. The predicted molar refractivity (Wildman–Crippen MR) is 106 cm³/mol. The lowest BCUT2D eigenvalue weighted by Gasteiger charge is -2.35. The lowest BCUT2D eigenvalue weighted by Crippen LogP contribution is -3.19. The summed E-state index contributed by atoms with van der Waals surface area (Å²) in [5.41, 5.74) is 3.75. The van der Waals surface area contributed by atoms with Crippen LogP contribution in [0.5, 0.6) is 0 Å². The third kappa shape index (κ3) is 3.40. The Labute approximate surface area is 164 Å². The highest BCUT2D eigenvalue weighted by Crippen LogP contribution is 2.26. The molecule has 0 aromatic heterocycles. The number of amides is 2. The molecule has 0 unspecified atom stereocenters. The van der Waals surface area contributed by atoms with Gasteiger partial charge >= 0.3 is 0 Å². The van der Waals surface area contributed by atoms with Gasteiger partial charge in [-0.15, -0.1) is 0 Å². The number of nitrogens with one attached hydrogen (secondary N) is 1. The van der Waals surface area contributed by atoms with Crippen molar-refractivity contribution >= 4 is 23.2 Å². The highest BCUT2D eigenvalue weighted by atomic mass is 19.1. The maximum atomic E-state index is 13.1. The number of aryl methyl sites for hydroxylation is 2. The SMILES string of the molecule is Cc1ccc(N2C(=O)C[C@@H]([NH+]3CCN(c4ccc(F)cc4)CC3)C2=O)c(C)c1. The highest BCUT2D eigenvalue weighted by molar-refractivity contribution is 6.22. The quantitative estimate of drug-likeness (QED) is 0.818. The van der Waals surface area contributed by atoms with Crippen molar-refractivity contribution in [3.63, 3.8) is 0 Å². The molecule has 2 aromatic rings. The Hall–Kier alpha value is -2.73. The minimum atomic E-state index is -0.316. The van der Waals surface area contributed by atoms with Crippen LogP contribution in [0.15, 0.2) is 42.5 Å². The van der Waals surface area contributed by atoms with Gasteiger partial charge in [-0.25, -0.2) is 9.29 Å². The summed E-state index contributed by atoms with van der Waals surface area (Å²) in [6.07, 6.45) is 0.262. The van der Waals surface area contributed by atoms with Gasteiger partial charge in [-0.3, -0.25) is 9.59 Å². The fourth-order valence-corrected chi connectivity index (χ4v) is 4.31. The van der Waals surface area contributed by atoms with E-state index in [0.717, 1.165) is 47.9 Å². The van der Waals surface area contributed by atoms with E-state index in [1.54, 1.807) is 12.1 Å². The van der Waals surface area contributed by atoms with Crippen molar-refractivity contribution in [1.29, 1.82) is 0 Å². The van der Waals surface area contributed by atoms with Gasteiger partial charge in [0, 0.05) is 5.69 Å². The van der Waals surface area contributed by atoms with Crippen LogP contribution in [0.2, 0.25) is 0 Å². The van der Waals surface area contributed by atoms with Crippen LogP contribution in [0.3, 0.4) is 0 Å². The number of anilines is 2. The smallest absolute Gasteiger partial charge is 0.292 e. The normalized spacial score (nSPS) is 20.9. The first-order valence-corrected chi connectivity index (χ1v) is 9.73. The molecule has 5 nitrogen and oxygen atoms in total. The zero-order chi connectivity index (χ0) is 19.8. The number of piperazine rings is 1. The van der Waals surface area contributed by atoms with Gasteiger partial charge < -0.3 is 9.80 Å². The summed E-state index contributed by atoms with van der Waals surface area (Å²) in [5.74, 6) is -0.452. The van der Waals surface area contributed by atoms with Crippen LogP contribution in [0.4, 0.5) is 15.8 Å². The van der Waals surface area contributed by atoms with Gasteiger partial charge in [0.15, 0.2) is 6.04 Å². The van der Waals surface area contributed by atoms with E-state index in [4.69, 9.17) is 0 Å². The number of rotatable bonds is 3. The van der Waals surface area contributed by atoms with Crippen LogP contribution in [-0.4, -0.2) is 44.0 Å². The second-order valence-electron chi connectivity index (χ2n) is 7.74. The van der Waals surface area contributed by atoms with Crippen LogP contribution < -0.4 is 14.7 Å². The predicted octanol–water partition coefficient (Wildman–Crippen LogP) is 1.48. The molecule has 0 spiro atoms. The average molecular weight is 382 g/mol. The van der Waals surface area contributed by atoms with E-state index >= 15 is 0 Å². The summed E-state index contributed by atoms with van der Waals surface area (Å²) in [5, 5.41) is 0. The summed E-state index contributed by atoms with van der Waals surface area (Å²) in [7, 11) is 0. The minimum Gasteiger partial charge on any atom is -0.360 e. The highest BCUT2D eigenvalue weighted by Gasteiger charge is 2.46. The summed E-state index contributed by atoms with van der Waals surface area (Å²) in [4.78, 5) is 30.4. The monoisotopic (exact) mass is 382 g/mol. The molecule has 146 valence electrons. The number of nitrogens with zero attached hydrogens (tertiary/aromatic N) is 2. The molecule has 2 aliphatic heterocycles. The zero-order valence-corrected chi connectivity index (χ0v) is 16.2. The Morgan fingerprint density at radius 1 is 1.00 bits per heavy atom. The van der Waals surface area contributed by atoms with E-state index in [2.05, 4.69) is 4.90 Å². The first kappa shape index (κ1) is 18.6. The van der Waals surface area contributed by atoms with Crippen LogP contribution in [-0.2, 0) is 9.59 Å². The van der Waals surface area contributed by atoms with Gasteiger partial charge in [-0.1, -0.05) is 17.7 Å². The number of quaternary nitrogens is 1. The second-order valence-corrected chi connectivity index (χ2v) is 7.74. The summed E-state index contributed by atoms with van der Waals surface area (Å²) < 4.78 is 13.1. The third-order valence-electron chi connectivity index (χ3n) is 5.83. The largest absolute Gasteiger partial charge is 0.360 e. The first-order chi connectivity index (χ1) is 13.4. The number of halogens is 1. The second kappa shape index (κ2) is 7.36. The van der Waals surface area contributed by atoms with E-state index in [9.17, 15) is 14.0 Å². The Balaban J connectivity index is 1.45. The lowest BCUT2D eigenvalue weighted by molar-refractivity contribution is -0.915. The molecular formula is C22H25FN3O2+. The molecule has 0 saturated carbocycles. The van der Waals surface area contributed by atoms with Crippen LogP contribution >= 0.6 is 0 Å². The van der Waals surface area contributed by atoms with Crippen LogP contribution in [0.1, 0.15) is 17.5 Å². The lowest BCUT2D eigenvalue weighted by atomic mass is 10.1. The fourth-order valence-electron chi connectivity index (χ4n) is 4.31. The Bertz CT molecular complexity index is 904. The third-order valence-corrected chi connectivity index (χ3v) is 5.83. The molecule has 0 bridgehead atoms. The van der Waals surface area contributed by atoms with Gasteiger partial charge in [0.1, 0.15) is 5.82 Å². The molecule has 2 saturated heterocycles. The van der Waals surface area contributed by atoms with Gasteiger partial charge in [-0.2, -0.15) is 0 Å². The van der Waals surface area contributed by atoms with Crippen molar-refractivity contribution in [2.75, 3.05) is 36.0 Å². The number of carbonyl (C=O) groups is 2. The van der Waals surface area contributed by atoms with E-state index in [1.807, 2.05) is 32.0 Å².